The van der Waals surface area contributed by atoms with Crippen molar-refractivity contribution in [3.05, 3.63) is 29.3 Å². The molecule has 0 fully saturated rings. The minimum atomic E-state index is -0.491. The highest BCUT2D eigenvalue weighted by atomic mass is 16.3. The predicted molar refractivity (Wildman–Crippen MR) is 71.5 cm³/mol. The number of amides is 4. The quantitative estimate of drug-likeness (QED) is 0.604. The number of phenols is 1. The first kappa shape index (κ1) is 14.7. The molecule has 1 aromatic rings. The molecule has 0 saturated heterocycles. The summed E-state index contributed by atoms with van der Waals surface area (Å²) in [6.45, 7) is 1.65. The Bertz CT molecular complexity index is 626. The Hall–Kier alpha value is -2.70. The number of rotatable bonds is 5. The molecule has 7 nitrogen and oxygen atoms in total. The van der Waals surface area contributed by atoms with Gasteiger partial charge in [0.15, 0.2) is 0 Å². The number of hydrogen-bond donors (Lipinski definition) is 2. The lowest BCUT2D eigenvalue weighted by atomic mass is 10.1. The molecular formula is C14H14N2O5. The summed E-state index contributed by atoms with van der Waals surface area (Å²) in [6, 6.07) is 3.50. The van der Waals surface area contributed by atoms with Crippen LogP contribution < -0.4 is 5.32 Å². The maximum absolute atomic E-state index is 12.2. The van der Waals surface area contributed by atoms with Gasteiger partial charge in [0, 0.05) is 12.5 Å². The van der Waals surface area contributed by atoms with Crippen LogP contribution in [0.25, 0.3) is 0 Å². The zero-order valence-electron chi connectivity index (χ0n) is 11.3. The van der Waals surface area contributed by atoms with E-state index in [0.29, 0.717) is 0 Å². The third-order valence-corrected chi connectivity index (χ3v) is 3.35. The molecule has 1 aliphatic rings. The summed E-state index contributed by atoms with van der Waals surface area (Å²) in [5.41, 5.74) is 0.395. The van der Waals surface area contributed by atoms with Gasteiger partial charge < -0.3 is 5.11 Å². The van der Waals surface area contributed by atoms with Gasteiger partial charge >= 0.3 is 0 Å². The van der Waals surface area contributed by atoms with E-state index in [9.17, 15) is 24.3 Å². The van der Waals surface area contributed by atoms with E-state index in [1.165, 1.54) is 18.2 Å². The molecule has 21 heavy (non-hydrogen) atoms. The molecular weight excluding hydrogens is 276 g/mol. The van der Waals surface area contributed by atoms with Crippen molar-refractivity contribution < 1.29 is 24.3 Å². The van der Waals surface area contributed by atoms with Gasteiger partial charge in [-0.15, -0.1) is 0 Å². The van der Waals surface area contributed by atoms with Crippen LogP contribution in [0.2, 0.25) is 0 Å². The first-order valence-electron chi connectivity index (χ1n) is 6.39. The maximum atomic E-state index is 12.2. The SMILES string of the molecule is CC(CCC(=O)NC=O)N1C(=O)c2ccc(O)cc2C1=O. The molecule has 2 rings (SSSR count). The molecule has 0 spiro atoms. The van der Waals surface area contributed by atoms with Crippen LogP contribution in [0.1, 0.15) is 40.5 Å². The smallest absolute Gasteiger partial charge is 0.261 e. The van der Waals surface area contributed by atoms with Gasteiger partial charge in [-0.25, -0.2) is 0 Å². The van der Waals surface area contributed by atoms with Gasteiger partial charge in [-0.3, -0.25) is 29.4 Å². The molecule has 0 aromatic heterocycles. The average Bonchev–Trinajstić information content (AvgIpc) is 2.68. The number of carbonyl (C=O) groups excluding carboxylic acids is 4. The number of nitrogens with one attached hydrogen (secondary N) is 1. The zero-order chi connectivity index (χ0) is 15.6. The summed E-state index contributed by atoms with van der Waals surface area (Å²) in [4.78, 5) is 46.8. The Kier molecular flexibility index (Phi) is 4.02. The van der Waals surface area contributed by atoms with Crippen LogP contribution in [-0.2, 0) is 9.59 Å². The van der Waals surface area contributed by atoms with E-state index in [0.717, 1.165) is 4.90 Å². The number of fused-ring (bicyclic) bond motifs is 1. The van der Waals surface area contributed by atoms with Crippen LogP contribution in [0.4, 0.5) is 0 Å². The number of carbonyl (C=O) groups is 4. The van der Waals surface area contributed by atoms with Crippen molar-refractivity contribution in [2.75, 3.05) is 0 Å². The fourth-order valence-corrected chi connectivity index (χ4v) is 2.25. The highest BCUT2D eigenvalue weighted by Crippen LogP contribution is 2.28. The summed E-state index contributed by atoms with van der Waals surface area (Å²) in [5.74, 6) is -1.49. The van der Waals surface area contributed by atoms with Crippen molar-refractivity contribution in [1.82, 2.24) is 10.2 Å². The summed E-state index contributed by atoms with van der Waals surface area (Å²) in [6.07, 6.45) is 0.563. The van der Waals surface area contributed by atoms with E-state index in [1.807, 2.05) is 5.32 Å². The fraction of sp³-hybridized carbons (Fsp3) is 0.286. The Balaban J connectivity index is 2.12. The van der Waals surface area contributed by atoms with E-state index in [4.69, 9.17) is 0 Å². The summed E-state index contributed by atoms with van der Waals surface area (Å²) in [5, 5.41) is 11.4. The molecule has 1 unspecified atom stereocenters. The van der Waals surface area contributed by atoms with Gasteiger partial charge in [0.1, 0.15) is 5.75 Å². The molecule has 4 amide bonds. The lowest BCUT2D eigenvalue weighted by Gasteiger charge is -2.22. The van der Waals surface area contributed by atoms with Gasteiger partial charge in [-0.1, -0.05) is 0 Å². The second kappa shape index (κ2) is 5.74. The molecule has 7 heteroatoms. The van der Waals surface area contributed by atoms with Crippen molar-refractivity contribution in [1.29, 1.82) is 0 Å². The number of aromatic hydroxyl groups is 1. The second-order valence-corrected chi connectivity index (χ2v) is 4.78. The third kappa shape index (κ3) is 2.76. The highest BCUT2D eigenvalue weighted by Gasteiger charge is 2.38. The normalized spacial score (nSPS) is 14.8. The van der Waals surface area contributed by atoms with Gasteiger partial charge in [0.2, 0.25) is 12.3 Å². The fourth-order valence-electron chi connectivity index (χ4n) is 2.25. The molecule has 0 aliphatic carbocycles. The molecule has 1 aliphatic heterocycles. The summed E-state index contributed by atoms with van der Waals surface area (Å²) >= 11 is 0. The molecule has 2 N–H and O–H groups in total. The average molecular weight is 290 g/mol. The number of phenolic OH excluding ortho intramolecular Hbond substituents is 1. The van der Waals surface area contributed by atoms with Crippen molar-refractivity contribution in [2.24, 2.45) is 0 Å². The maximum Gasteiger partial charge on any atom is 0.261 e. The van der Waals surface area contributed by atoms with E-state index in [2.05, 4.69) is 0 Å². The first-order chi connectivity index (χ1) is 9.95. The van der Waals surface area contributed by atoms with E-state index in [1.54, 1.807) is 6.92 Å². The van der Waals surface area contributed by atoms with E-state index in [-0.39, 0.29) is 36.1 Å². The van der Waals surface area contributed by atoms with Crippen LogP contribution in [-0.4, -0.2) is 40.2 Å². The Labute approximate surface area is 120 Å². The minimum Gasteiger partial charge on any atom is -0.508 e. The monoisotopic (exact) mass is 290 g/mol. The molecule has 110 valence electrons. The molecule has 1 atom stereocenters. The first-order valence-corrected chi connectivity index (χ1v) is 6.39. The van der Waals surface area contributed by atoms with Gasteiger partial charge in [0.05, 0.1) is 11.1 Å². The van der Waals surface area contributed by atoms with Crippen LogP contribution >= 0.6 is 0 Å². The minimum absolute atomic E-state index is 0.0264. The standard InChI is InChI=1S/C14H14N2O5/c1-8(2-5-12(19)15-7-17)16-13(20)10-4-3-9(18)6-11(10)14(16)21/h3-4,6-8,18H,2,5H2,1H3,(H,15,17,19). The van der Waals surface area contributed by atoms with Crippen LogP contribution in [0.15, 0.2) is 18.2 Å². The Morgan fingerprint density at radius 2 is 2.00 bits per heavy atom. The highest BCUT2D eigenvalue weighted by molar-refractivity contribution is 6.21. The molecule has 0 radical (unpaired) electrons. The van der Waals surface area contributed by atoms with Gasteiger partial charge in [-0.05, 0) is 31.5 Å². The number of imide groups is 2. The predicted octanol–water partition coefficient (Wildman–Crippen LogP) is 0.429. The van der Waals surface area contributed by atoms with Gasteiger partial charge in [0.25, 0.3) is 11.8 Å². The van der Waals surface area contributed by atoms with Crippen LogP contribution in [0.5, 0.6) is 5.75 Å². The summed E-state index contributed by atoms with van der Waals surface area (Å²) < 4.78 is 0. The Morgan fingerprint density at radius 3 is 2.67 bits per heavy atom. The lowest BCUT2D eigenvalue weighted by Crippen LogP contribution is -2.38. The van der Waals surface area contributed by atoms with Crippen molar-refractivity contribution in [3.63, 3.8) is 0 Å². The van der Waals surface area contributed by atoms with Crippen molar-refractivity contribution >= 4 is 24.1 Å². The Morgan fingerprint density at radius 1 is 1.33 bits per heavy atom. The van der Waals surface area contributed by atoms with Crippen molar-refractivity contribution in [2.45, 2.75) is 25.8 Å². The van der Waals surface area contributed by atoms with E-state index < -0.39 is 23.8 Å². The van der Waals surface area contributed by atoms with Crippen molar-refractivity contribution in [3.8, 4) is 5.75 Å². The summed E-state index contributed by atoms with van der Waals surface area (Å²) in [7, 11) is 0. The molecule has 0 saturated carbocycles. The lowest BCUT2D eigenvalue weighted by molar-refractivity contribution is -0.125. The van der Waals surface area contributed by atoms with E-state index >= 15 is 0 Å². The molecule has 1 heterocycles. The number of nitrogens with zero attached hydrogens (tertiary/aromatic N) is 1. The number of benzene rings is 1. The zero-order valence-corrected chi connectivity index (χ0v) is 11.3. The molecule has 1 aromatic carbocycles. The second-order valence-electron chi connectivity index (χ2n) is 4.78. The van der Waals surface area contributed by atoms with Gasteiger partial charge in [-0.2, -0.15) is 0 Å². The third-order valence-electron chi connectivity index (χ3n) is 3.35. The van der Waals surface area contributed by atoms with Crippen LogP contribution in [0.3, 0.4) is 0 Å². The topological polar surface area (TPSA) is 104 Å². The largest absolute Gasteiger partial charge is 0.508 e. The van der Waals surface area contributed by atoms with Crippen LogP contribution in [0, 0.1) is 0 Å². The molecule has 0 bridgehead atoms. The number of hydrogen-bond acceptors (Lipinski definition) is 5.